The van der Waals surface area contributed by atoms with E-state index in [9.17, 15) is 0 Å². The molecule has 0 aromatic rings. The fourth-order valence-electron chi connectivity index (χ4n) is 0.0833. The summed E-state index contributed by atoms with van der Waals surface area (Å²) in [6, 6.07) is 0. The normalized spacial score (nSPS) is 8.40. The maximum absolute atomic E-state index is 2.94. The van der Waals surface area contributed by atoms with Gasteiger partial charge in [-0.15, -0.1) is 23.5 Å². The molecule has 0 unspecified atom stereocenters. The first-order valence-electron chi connectivity index (χ1n) is 1.22. The third-order valence-electron chi connectivity index (χ3n) is 0.167. The molecule has 0 nitrogen and oxygen atoms in total. The first-order valence-corrected chi connectivity index (χ1v) is 3.67. The van der Waals surface area contributed by atoms with Crippen LogP contribution in [-0.2, 0) is 0 Å². The summed E-state index contributed by atoms with van der Waals surface area (Å²) in [7, 11) is 0. The second-order valence-electron chi connectivity index (χ2n) is 0.492. The molecule has 0 saturated heterocycles. The zero-order valence-electron chi connectivity index (χ0n) is 3.32. The maximum Gasteiger partial charge on any atom is 0.113 e. The number of hydrogen-bond donors (Lipinski definition) is 0. The minimum atomic E-state index is 1.61. The number of hydrogen-bond acceptors (Lipinski definition) is 2. The molecule has 0 aliphatic rings. The Kier molecular flexibility index (Phi) is 5.36. The molecule has 30 valence electrons. The summed E-state index contributed by atoms with van der Waals surface area (Å²) >= 11 is 3.23. The molecular weight excluding hydrogens is 100 g/mol. The van der Waals surface area contributed by atoms with E-state index in [2.05, 4.69) is 5.08 Å². The lowest BCUT2D eigenvalue weighted by Crippen LogP contribution is -1.45. The van der Waals surface area contributed by atoms with E-state index in [0.717, 1.165) is 0 Å². The predicted molar refractivity (Wildman–Crippen MR) is 30.3 cm³/mol. The molecule has 0 N–H and O–H groups in total. The third-order valence-corrected chi connectivity index (χ3v) is 1.50. The van der Waals surface area contributed by atoms with Crippen LogP contribution in [0.5, 0.6) is 0 Å². The molecule has 0 aliphatic heterocycles. The molecule has 0 aromatic carbocycles. The van der Waals surface area contributed by atoms with Crippen LogP contribution >= 0.6 is 23.5 Å². The van der Waals surface area contributed by atoms with Crippen LogP contribution in [0.3, 0.4) is 0 Å². The standard InChI is InChI=1S/C3H6S2/c1-4-3-5-2/h1-2H3. The Balaban J connectivity index is 2.19. The molecule has 2 heteroatoms. The lowest BCUT2D eigenvalue weighted by Gasteiger charge is -1.77. The highest BCUT2D eigenvalue weighted by atomic mass is 32.2. The molecule has 0 spiro atoms. The van der Waals surface area contributed by atoms with Crippen molar-refractivity contribution in [2.75, 3.05) is 12.5 Å². The molecule has 0 rings (SSSR count). The highest BCUT2D eigenvalue weighted by Gasteiger charge is 1.70. The number of thioether (sulfide) groups is 2. The van der Waals surface area contributed by atoms with Crippen LogP contribution in [0.25, 0.3) is 0 Å². The van der Waals surface area contributed by atoms with E-state index in [1.54, 1.807) is 23.5 Å². The van der Waals surface area contributed by atoms with Gasteiger partial charge in [-0.1, -0.05) is 0 Å². The smallest absolute Gasteiger partial charge is 0.113 e. The zero-order valence-corrected chi connectivity index (χ0v) is 4.95. The van der Waals surface area contributed by atoms with Gasteiger partial charge in [0.15, 0.2) is 0 Å². The first kappa shape index (κ1) is 5.70. The molecule has 0 fully saturated rings. The van der Waals surface area contributed by atoms with E-state index in [0.29, 0.717) is 0 Å². The Morgan fingerprint density at radius 1 is 1.20 bits per heavy atom. The third kappa shape index (κ3) is 4.70. The molecule has 0 aromatic heterocycles. The van der Waals surface area contributed by atoms with Gasteiger partial charge in [0.1, 0.15) is 5.08 Å². The van der Waals surface area contributed by atoms with Gasteiger partial charge in [-0.3, -0.25) is 0 Å². The molecule has 5 heavy (non-hydrogen) atoms. The SMILES string of the molecule is CS[C]SC. The lowest BCUT2D eigenvalue weighted by atomic mass is 11.9. The van der Waals surface area contributed by atoms with E-state index >= 15 is 0 Å². The molecule has 0 bridgehead atoms. The molecule has 0 amide bonds. The summed E-state index contributed by atoms with van der Waals surface area (Å²) in [6.45, 7) is 0. The van der Waals surface area contributed by atoms with E-state index in [-0.39, 0.29) is 0 Å². The monoisotopic (exact) mass is 106 g/mol. The van der Waals surface area contributed by atoms with E-state index in [1.165, 1.54) is 0 Å². The molecular formula is C3H6S2. The van der Waals surface area contributed by atoms with Gasteiger partial charge in [-0.25, -0.2) is 0 Å². The highest BCUT2D eigenvalue weighted by Crippen LogP contribution is 2.09. The van der Waals surface area contributed by atoms with Crippen LogP contribution in [0.2, 0.25) is 0 Å². The average Bonchev–Trinajstić information content (AvgIpc) is 1.41. The minimum Gasteiger partial charge on any atom is -0.143 e. The van der Waals surface area contributed by atoms with E-state index in [4.69, 9.17) is 0 Å². The van der Waals surface area contributed by atoms with Crippen molar-refractivity contribution in [3.63, 3.8) is 0 Å². The number of rotatable bonds is 2. The van der Waals surface area contributed by atoms with Gasteiger partial charge < -0.3 is 0 Å². The second-order valence-corrected chi connectivity index (χ2v) is 1.97. The summed E-state index contributed by atoms with van der Waals surface area (Å²) in [5.41, 5.74) is 0. The fourth-order valence-corrected chi connectivity index (χ4v) is 0.750. The zero-order chi connectivity index (χ0) is 4.12. The molecule has 0 saturated carbocycles. The van der Waals surface area contributed by atoms with E-state index in [1.807, 2.05) is 12.5 Å². The lowest BCUT2D eigenvalue weighted by molar-refractivity contribution is 2.40. The van der Waals surface area contributed by atoms with Gasteiger partial charge in [-0.05, 0) is 12.5 Å². The molecule has 0 aliphatic carbocycles. The van der Waals surface area contributed by atoms with Crippen LogP contribution in [0, 0.1) is 5.08 Å². The topological polar surface area (TPSA) is 0 Å². The molecule has 0 heterocycles. The van der Waals surface area contributed by atoms with Gasteiger partial charge in [-0.2, -0.15) is 0 Å². The summed E-state index contributed by atoms with van der Waals surface area (Å²) in [4.78, 5) is 0. The summed E-state index contributed by atoms with van der Waals surface area (Å²) in [5, 5.41) is 2.94. The van der Waals surface area contributed by atoms with Crippen LogP contribution in [0.15, 0.2) is 0 Å². The molecule has 0 atom stereocenters. The quantitative estimate of drug-likeness (QED) is 0.525. The van der Waals surface area contributed by atoms with Crippen molar-refractivity contribution in [1.29, 1.82) is 0 Å². The van der Waals surface area contributed by atoms with Gasteiger partial charge in [0.05, 0.1) is 0 Å². The Bertz CT molecular complexity index is 12.4. The minimum absolute atomic E-state index is 1.61. The van der Waals surface area contributed by atoms with Crippen molar-refractivity contribution < 1.29 is 0 Å². The largest absolute Gasteiger partial charge is 0.143 e. The maximum atomic E-state index is 2.94. The first-order chi connectivity index (χ1) is 2.41. The fraction of sp³-hybridized carbons (Fsp3) is 0.667. The average molecular weight is 106 g/mol. The summed E-state index contributed by atoms with van der Waals surface area (Å²) in [6.07, 6.45) is 3.99. The van der Waals surface area contributed by atoms with Crippen LogP contribution in [-0.4, -0.2) is 12.5 Å². The van der Waals surface area contributed by atoms with Crippen molar-refractivity contribution >= 4 is 23.5 Å². The Morgan fingerprint density at radius 3 is 1.60 bits per heavy atom. The van der Waals surface area contributed by atoms with Crippen molar-refractivity contribution in [2.45, 2.75) is 0 Å². The van der Waals surface area contributed by atoms with Crippen LogP contribution < -0.4 is 0 Å². The van der Waals surface area contributed by atoms with Gasteiger partial charge in [0.25, 0.3) is 0 Å². The summed E-state index contributed by atoms with van der Waals surface area (Å²) in [5.74, 6) is 0. The Morgan fingerprint density at radius 2 is 1.60 bits per heavy atom. The van der Waals surface area contributed by atoms with Crippen LogP contribution in [0.4, 0.5) is 0 Å². The van der Waals surface area contributed by atoms with Crippen molar-refractivity contribution in [3.05, 3.63) is 5.08 Å². The second kappa shape index (κ2) is 4.70. The van der Waals surface area contributed by atoms with Crippen molar-refractivity contribution in [2.24, 2.45) is 0 Å². The van der Waals surface area contributed by atoms with Gasteiger partial charge in [0.2, 0.25) is 0 Å². The highest BCUT2D eigenvalue weighted by molar-refractivity contribution is 8.18. The Hall–Kier alpha value is 0.700. The van der Waals surface area contributed by atoms with E-state index < -0.39 is 0 Å². The summed E-state index contributed by atoms with van der Waals surface area (Å²) < 4.78 is 0. The van der Waals surface area contributed by atoms with Crippen LogP contribution in [0.1, 0.15) is 0 Å². The van der Waals surface area contributed by atoms with Crippen molar-refractivity contribution in [3.8, 4) is 0 Å². The Labute approximate surface area is 41.7 Å². The van der Waals surface area contributed by atoms with Gasteiger partial charge >= 0.3 is 0 Å². The van der Waals surface area contributed by atoms with Gasteiger partial charge in [0, 0.05) is 0 Å². The predicted octanol–water partition coefficient (Wildman–Crippen LogP) is 1.71. The molecule has 2 radical (unpaired) electrons. The van der Waals surface area contributed by atoms with Crippen molar-refractivity contribution in [1.82, 2.24) is 0 Å².